The first kappa shape index (κ1) is 16.3. The van der Waals surface area contributed by atoms with Crippen molar-refractivity contribution in [1.29, 1.82) is 0 Å². The van der Waals surface area contributed by atoms with Crippen LogP contribution in [0.25, 0.3) is 0 Å². The smallest absolute Gasteiger partial charge is 0.242 e. The van der Waals surface area contributed by atoms with Gasteiger partial charge in [0.15, 0.2) is 0 Å². The maximum Gasteiger partial charge on any atom is 0.242 e. The van der Waals surface area contributed by atoms with Gasteiger partial charge in [0.05, 0.1) is 5.69 Å². The second-order valence-electron chi connectivity index (χ2n) is 6.18. The van der Waals surface area contributed by atoms with Gasteiger partial charge < -0.3 is 10.2 Å². The minimum atomic E-state index is -3.48. The molecule has 0 aromatic heterocycles. The molecule has 1 aliphatic rings. The highest BCUT2D eigenvalue weighted by Crippen LogP contribution is 2.30. The average molecular weight is 311 g/mol. The van der Waals surface area contributed by atoms with E-state index in [4.69, 9.17) is 0 Å². The van der Waals surface area contributed by atoms with E-state index in [0.29, 0.717) is 17.1 Å². The number of para-hydroxylation sites is 1. The van der Waals surface area contributed by atoms with Crippen LogP contribution in [0.2, 0.25) is 0 Å². The molecule has 5 nitrogen and oxygen atoms in total. The van der Waals surface area contributed by atoms with Crippen molar-refractivity contribution in [3.05, 3.63) is 24.3 Å². The largest absolute Gasteiger partial charge is 0.387 e. The molecule has 0 aliphatic carbocycles. The molecule has 0 radical (unpaired) electrons. The van der Waals surface area contributed by atoms with E-state index in [0.717, 1.165) is 25.9 Å². The number of piperidine rings is 1. The van der Waals surface area contributed by atoms with Crippen molar-refractivity contribution in [3.63, 3.8) is 0 Å². The van der Waals surface area contributed by atoms with Crippen LogP contribution in [0.15, 0.2) is 29.2 Å². The van der Waals surface area contributed by atoms with Crippen LogP contribution in [0, 0.1) is 5.41 Å². The van der Waals surface area contributed by atoms with Crippen LogP contribution >= 0.6 is 0 Å². The summed E-state index contributed by atoms with van der Waals surface area (Å²) in [5.74, 6) is 0. The van der Waals surface area contributed by atoms with E-state index >= 15 is 0 Å². The van der Waals surface area contributed by atoms with Crippen molar-refractivity contribution >= 4 is 15.7 Å². The molecule has 1 aromatic carbocycles. The zero-order chi connectivity index (χ0) is 15.5. The quantitative estimate of drug-likeness (QED) is 0.869. The summed E-state index contributed by atoms with van der Waals surface area (Å²) >= 11 is 0. The van der Waals surface area contributed by atoms with Gasteiger partial charge >= 0.3 is 0 Å². The minimum absolute atomic E-state index is 0.0359. The zero-order valence-electron chi connectivity index (χ0n) is 13.0. The number of hydrogen-bond donors (Lipinski definition) is 2. The average Bonchev–Trinajstić information content (AvgIpc) is 2.49. The molecule has 2 rings (SSSR count). The fraction of sp³-hybridized carbons (Fsp3) is 0.600. The number of benzene rings is 1. The van der Waals surface area contributed by atoms with Gasteiger partial charge in [-0.2, -0.15) is 0 Å². The summed E-state index contributed by atoms with van der Waals surface area (Å²) in [5, 5.41) is 2.93. The van der Waals surface area contributed by atoms with Gasteiger partial charge in [0.25, 0.3) is 0 Å². The van der Waals surface area contributed by atoms with Crippen molar-refractivity contribution in [3.8, 4) is 0 Å². The predicted octanol–water partition coefficient (Wildman–Crippen LogP) is 1.74. The molecule has 118 valence electrons. The first-order valence-corrected chi connectivity index (χ1v) is 8.80. The van der Waals surface area contributed by atoms with Gasteiger partial charge in [-0.3, -0.25) is 0 Å². The first-order valence-electron chi connectivity index (χ1n) is 7.31. The monoisotopic (exact) mass is 311 g/mol. The van der Waals surface area contributed by atoms with Gasteiger partial charge in [0, 0.05) is 13.6 Å². The number of rotatable bonds is 5. The Labute approximate surface area is 127 Å². The molecule has 0 saturated carbocycles. The second-order valence-corrected chi connectivity index (χ2v) is 7.92. The van der Waals surface area contributed by atoms with Crippen molar-refractivity contribution in [2.24, 2.45) is 5.41 Å². The highest BCUT2D eigenvalue weighted by Gasteiger charge is 2.30. The number of anilines is 1. The van der Waals surface area contributed by atoms with E-state index in [9.17, 15) is 8.42 Å². The molecule has 6 heteroatoms. The van der Waals surface area contributed by atoms with Crippen molar-refractivity contribution in [2.75, 3.05) is 39.0 Å². The van der Waals surface area contributed by atoms with Crippen LogP contribution in [-0.2, 0) is 10.0 Å². The first-order chi connectivity index (χ1) is 9.86. The van der Waals surface area contributed by atoms with E-state index in [1.165, 1.54) is 0 Å². The van der Waals surface area contributed by atoms with Crippen molar-refractivity contribution in [1.82, 2.24) is 9.62 Å². The maximum absolute atomic E-state index is 12.5. The minimum Gasteiger partial charge on any atom is -0.387 e. The molecule has 0 bridgehead atoms. The summed E-state index contributed by atoms with van der Waals surface area (Å²) in [6, 6.07) is 6.97. The Bertz CT molecular complexity index is 578. The molecule has 0 atom stereocenters. The highest BCUT2D eigenvalue weighted by molar-refractivity contribution is 7.89. The Balaban J connectivity index is 2.08. The van der Waals surface area contributed by atoms with Crippen LogP contribution in [0.1, 0.15) is 19.8 Å². The topological polar surface area (TPSA) is 61.4 Å². The lowest BCUT2D eigenvalue weighted by atomic mass is 9.81. The lowest BCUT2D eigenvalue weighted by Gasteiger charge is -2.37. The van der Waals surface area contributed by atoms with Crippen LogP contribution in [-0.4, -0.2) is 47.0 Å². The van der Waals surface area contributed by atoms with Crippen molar-refractivity contribution in [2.45, 2.75) is 24.7 Å². The number of likely N-dealkylation sites (tertiary alicyclic amines) is 1. The Morgan fingerprint density at radius 3 is 2.48 bits per heavy atom. The molecule has 1 saturated heterocycles. The molecule has 0 unspecified atom stereocenters. The summed E-state index contributed by atoms with van der Waals surface area (Å²) in [7, 11) is 0.353. The van der Waals surface area contributed by atoms with E-state index < -0.39 is 10.0 Å². The standard InChI is InChI=1S/C15H25N3O2S/c1-15(8-10-18(3)11-9-15)12-17-21(19,20)14-7-5-4-6-13(14)16-2/h4-7,16-17H,8-12H2,1-3H3. The van der Waals surface area contributed by atoms with Crippen LogP contribution in [0.3, 0.4) is 0 Å². The summed E-state index contributed by atoms with van der Waals surface area (Å²) in [6.07, 6.45) is 2.03. The zero-order valence-corrected chi connectivity index (χ0v) is 13.8. The summed E-state index contributed by atoms with van der Waals surface area (Å²) < 4.78 is 27.8. The fourth-order valence-electron chi connectivity index (χ4n) is 2.59. The van der Waals surface area contributed by atoms with Crippen LogP contribution in [0.5, 0.6) is 0 Å². The second kappa shape index (κ2) is 6.34. The third-order valence-corrected chi connectivity index (χ3v) is 5.79. The summed E-state index contributed by atoms with van der Waals surface area (Å²) in [4.78, 5) is 2.59. The Hall–Kier alpha value is -1.11. The summed E-state index contributed by atoms with van der Waals surface area (Å²) in [5.41, 5.74) is 0.660. The normalized spacial score (nSPS) is 19.4. The Kier molecular flexibility index (Phi) is 4.91. The van der Waals surface area contributed by atoms with Gasteiger partial charge in [0.1, 0.15) is 4.90 Å². The van der Waals surface area contributed by atoms with Crippen LogP contribution in [0.4, 0.5) is 5.69 Å². The van der Waals surface area contributed by atoms with Crippen LogP contribution < -0.4 is 10.0 Å². The molecular weight excluding hydrogens is 286 g/mol. The fourth-order valence-corrected chi connectivity index (χ4v) is 4.00. The lowest BCUT2D eigenvalue weighted by molar-refractivity contribution is 0.143. The van der Waals surface area contributed by atoms with Gasteiger partial charge in [-0.1, -0.05) is 19.1 Å². The number of nitrogens with zero attached hydrogens (tertiary/aromatic N) is 1. The third kappa shape index (κ3) is 3.96. The Morgan fingerprint density at radius 1 is 1.24 bits per heavy atom. The van der Waals surface area contributed by atoms with E-state index in [-0.39, 0.29) is 5.41 Å². The molecule has 0 amide bonds. The van der Waals surface area contributed by atoms with Gasteiger partial charge in [-0.05, 0) is 50.5 Å². The molecule has 1 aromatic rings. The molecule has 1 heterocycles. The number of sulfonamides is 1. The van der Waals surface area contributed by atoms with Gasteiger partial charge in [-0.25, -0.2) is 13.1 Å². The van der Waals surface area contributed by atoms with E-state index in [2.05, 4.69) is 28.9 Å². The molecule has 1 fully saturated rings. The van der Waals surface area contributed by atoms with E-state index in [1.807, 2.05) is 6.07 Å². The number of hydrogen-bond acceptors (Lipinski definition) is 4. The lowest BCUT2D eigenvalue weighted by Crippen LogP contribution is -2.43. The molecule has 0 spiro atoms. The van der Waals surface area contributed by atoms with Gasteiger partial charge in [0.2, 0.25) is 10.0 Å². The van der Waals surface area contributed by atoms with E-state index in [1.54, 1.807) is 25.2 Å². The SMILES string of the molecule is CNc1ccccc1S(=O)(=O)NCC1(C)CCN(C)CC1. The predicted molar refractivity (Wildman–Crippen MR) is 86.0 cm³/mol. The molecular formula is C15H25N3O2S. The molecule has 1 aliphatic heterocycles. The molecule has 21 heavy (non-hydrogen) atoms. The van der Waals surface area contributed by atoms with Crippen molar-refractivity contribution < 1.29 is 8.42 Å². The third-order valence-electron chi connectivity index (χ3n) is 4.33. The highest BCUT2D eigenvalue weighted by atomic mass is 32.2. The molecule has 2 N–H and O–H groups in total. The maximum atomic E-state index is 12.5. The Morgan fingerprint density at radius 2 is 1.86 bits per heavy atom. The van der Waals surface area contributed by atoms with Gasteiger partial charge in [-0.15, -0.1) is 0 Å². The number of nitrogens with one attached hydrogen (secondary N) is 2. The summed E-state index contributed by atoms with van der Waals surface area (Å²) in [6.45, 7) is 4.68.